The van der Waals surface area contributed by atoms with Gasteiger partial charge < -0.3 is 11.1 Å². The predicted molar refractivity (Wildman–Crippen MR) is 84.9 cm³/mol. The molecular formula is C16H25N3O4. The molecule has 1 heterocycles. The molecule has 2 atom stereocenters. The van der Waals surface area contributed by atoms with Gasteiger partial charge in [0.05, 0.1) is 0 Å². The Morgan fingerprint density at radius 2 is 1.70 bits per heavy atom. The van der Waals surface area contributed by atoms with Gasteiger partial charge in [-0.3, -0.25) is 24.1 Å². The lowest BCUT2D eigenvalue weighted by Gasteiger charge is -2.22. The van der Waals surface area contributed by atoms with Crippen LogP contribution in [-0.4, -0.2) is 40.6 Å². The number of primary amides is 1. The average Bonchev–Trinajstić information content (AvgIpc) is 2.79. The maximum atomic E-state index is 11.8. The molecule has 3 N–H and O–H groups in total. The van der Waals surface area contributed by atoms with Gasteiger partial charge in [-0.05, 0) is 25.7 Å². The van der Waals surface area contributed by atoms with Crippen LogP contribution >= 0.6 is 0 Å². The van der Waals surface area contributed by atoms with Gasteiger partial charge in [0.15, 0.2) is 0 Å². The van der Waals surface area contributed by atoms with Crippen LogP contribution < -0.4 is 11.1 Å². The van der Waals surface area contributed by atoms with Crippen LogP contribution in [-0.2, 0) is 19.2 Å². The predicted octanol–water partition coefficient (Wildman–Crippen LogP) is 0.486. The number of nitrogens with zero attached hydrogens (tertiary/aromatic N) is 1. The monoisotopic (exact) mass is 323 g/mol. The second kappa shape index (κ2) is 8.45. The van der Waals surface area contributed by atoms with E-state index in [4.69, 9.17) is 5.73 Å². The van der Waals surface area contributed by atoms with Crippen molar-refractivity contribution in [3.63, 3.8) is 0 Å². The third-order valence-corrected chi connectivity index (χ3v) is 3.85. The molecule has 128 valence electrons. The van der Waals surface area contributed by atoms with E-state index >= 15 is 0 Å². The molecule has 0 aliphatic carbocycles. The number of carbonyl (C=O) groups is 4. The van der Waals surface area contributed by atoms with Gasteiger partial charge in [0, 0.05) is 24.6 Å². The fourth-order valence-electron chi connectivity index (χ4n) is 2.51. The third kappa shape index (κ3) is 5.50. The first kappa shape index (κ1) is 18.9. The van der Waals surface area contributed by atoms with Gasteiger partial charge in [0.25, 0.3) is 11.8 Å². The lowest BCUT2D eigenvalue weighted by Crippen LogP contribution is -2.47. The van der Waals surface area contributed by atoms with Crippen molar-refractivity contribution in [3.05, 3.63) is 12.2 Å². The Morgan fingerprint density at radius 1 is 1.13 bits per heavy atom. The van der Waals surface area contributed by atoms with Gasteiger partial charge in [-0.1, -0.05) is 20.3 Å². The molecule has 2 unspecified atom stereocenters. The number of nitrogens with two attached hydrogens (primary N) is 1. The number of unbranched alkanes of at least 4 members (excludes halogenated alkanes) is 1. The van der Waals surface area contributed by atoms with Crippen LogP contribution in [0.1, 0.15) is 46.5 Å². The van der Waals surface area contributed by atoms with Crippen LogP contribution in [0.3, 0.4) is 0 Å². The summed E-state index contributed by atoms with van der Waals surface area (Å²) in [6.45, 7) is 5.44. The van der Waals surface area contributed by atoms with Crippen LogP contribution in [0.25, 0.3) is 0 Å². The molecule has 1 rings (SSSR count). The van der Waals surface area contributed by atoms with E-state index in [0.29, 0.717) is 19.3 Å². The van der Waals surface area contributed by atoms with Gasteiger partial charge in [0.2, 0.25) is 11.8 Å². The van der Waals surface area contributed by atoms with Crippen molar-refractivity contribution in [3.8, 4) is 0 Å². The molecule has 0 fully saturated rings. The van der Waals surface area contributed by atoms with Crippen molar-refractivity contribution >= 4 is 23.6 Å². The topological polar surface area (TPSA) is 110 Å². The van der Waals surface area contributed by atoms with Crippen LogP contribution in [0, 0.1) is 5.92 Å². The molecular weight excluding hydrogens is 298 g/mol. The van der Waals surface area contributed by atoms with Gasteiger partial charge in [-0.15, -0.1) is 0 Å². The number of rotatable bonds is 9. The molecule has 4 amide bonds. The summed E-state index contributed by atoms with van der Waals surface area (Å²) >= 11 is 0. The maximum absolute atomic E-state index is 11.8. The molecule has 0 saturated heterocycles. The second-order valence-electron chi connectivity index (χ2n) is 6.17. The fraction of sp³-hybridized carbons (Fsp3) is 0.625. The van der Waals surface area contributed by atoms with Crippen molar-refractivity contribution in [1.29, 1.82) is 0 Å². The highest BCUT2D eigenvalue weighted by molar-refractivity contribution is 6.13. The summed E-state index contributed by atoms with van der Waals surface area (Å²) in [5, 5.41) is 2.63. The standard InChI is InChI=1S/C16H25N3O4/c1-10(2)15(16(17)23)18-12(20)7-5-4-6-11(3)19-13(21)8-9-14(19)22/h8-11,15H,4-7H2,1-3H3,(H2,17,23)(H,18,20). The van der Waals surface area contributed by atoms with E-state index in [0.717, 1.165) is 0 Å². The lowest BCUT2D eigenvalue weighted by atomic mass is 10.0. The van der Waals surface area contributed by atoms with E-state index in [1.807, 2.05) is 20.8 Å². The molecule has 1 aliphatic heterocycles. The van der Waals surface area contributed by atoms with Crippen molar-refractivity contribution in [2.24, 2.45) is 11.7 Å². The average molecular weight is 323 g/mol. The molecule has 0 saturated carbocycles. The first-order valence-corrected chi connectivity index (χ1v) is 7.88. The highest BCUT2D eigenvalue weighted by atomic mass is 16.2. The van der Waals surface area contributed by atoms with E-state index < -0.39 is 11.9 Å². The summed E-state index contributed by atoms with van der Waals surface area (Å²) in [7, 11) is 0. The normalized spacial score (nSPS) is 16.8. The minimum atomic E-state index is -0.660. The van der Waals surface area contributed by atoms with Crippen LogP contribution in [0.15, 0.2) is 12.2 Å². The van der Waals surface area contributed by atoms with E-state index in [1.54, 1.807) is 0 Å². The Balaban J connectivity index is 2.29. The van der Waals surface area contributed by atoms with Crippen LogP contribution in [0.5, 0.6) is 0 Å². The number of hydrogen-bond donors (Lipinski definition) is 2. The molecule has 1 aliphatic rings. The lowest BCUT2D eigenvalue weighted by molar-refractivity contribution is -0.139. The van der Waals surface area contributed by atoms with Gasteiger partial charge in [-0.2, -0.15) is 0 Å². The molecule has 0 spiro atoms. The summed E-state index contributed by atoms with van der Waals surface area (Å²) < 4.78 is 0. The smallest absolute Gasteiger partial charge is 0.253 e. The number of imide groups is 1. The minimum Gasteiger partial charge on any atom is -0.368 e. The maximum Gasteiger partial charge on any atom is 0.253 e. The molecule has 0 aromatic rings. The van der Waals surface area contributed by atoms with Gasteiger partial charge >= 0.3 is 0 Å². The molecule has 23 heavy (non-hydrogen) atoms. The third-order valence-electron chi connectivity index (χ3n) is 3.85. The quantitative estimate of drug-likeness (QED) is 0.475. The van der Waals surface area contributed by atoms with Crippen molar-refractivity contribution in [2.75, 3.05) is 0 Å². The number of carbonyl (C=O) groups excluding carboxylic acids is 4. The summed E-state index contributed by atoms with van der Waals surface area (Å²) in [6, 6.07) is -0.852. The molecule has 7 nitrogen and oxygen atoms in total. The fourth-order valence-corrected chi connectivity index (χ4v) is 2.51. The van der Waals surface area contributed by atoms with E-state index in [1.165, 1.54) is 17.1 Å². The summed E-state index contributed by atoms with van der Waals surface area (Å²) in [4.78, 5) is 47.3. The number of nitrogens with one attached hydrogen (secondary N) is 1. The van der Waals surface area contributed by atoms with E-state index in [2.05, 4.69) is 5.32 Å². The molecule has 0 radical (unpaired) electrons. The van der Waals surface area contributed by atoms with Crippen LogP contribution in [0.2, 0.25) is 0 Å². The molecule has 0 aromatic heterocycles. The van der Waals surface area contributed by atoms with Crippen molar-refractivity contribution < 1.29 is 19.2 Å². The Morgan fingerprint density at radius 3 is 2.17 bits per heavy atom. The zero-order valence-electron chi connectivity index (χ0n) is 13.9. The highest BCUT2D eigenvalue weighted by Gasteiger charge is 2.28. The minimum absolute atomic E-state index is 0.0591. The molecule has 7 heteroatoms. The zero-order valence-corrected chi connectivity index (χ0v) is 13.9. The molecule has 0 aromatic carbocycles. The second-order valence-corrected chi connectivity index (χ2v) is 6.17. The Kier molecular flexibility index (Phi) is 6.93. The van der Waals surface area contributed by atoms with E-state index in [9.17, 15) is 19.2 Å². The SMILES string of the molecule is CC(C)C(NC(=O)CCCCC(C)N1C(=O)C=CC1=O)C(N)=O. The highest BCUT2D eigenvalue weighted by Crippen LogP contribution is 2.15. The number of hydrogen-bond acceptors (Lipinski definition) is 4. The largest absolute Gasteiger partial charge is 0.368 e. The van der Waals surface area contributed by atoms with Crippen LogP contribution in [0.4, 0.5) is 0 Å². The first-order valence-electron chi connectivity index (χ1n) is 7.88. The number of amides is 4. The Bertz CT molecular complexity index is 495. The Hall–Kier alpha value is -2.18. The first-order chi connectivity index (χ1) is 10.7. The summed E-state index contributed by atoms with van der Waals surface area (Å²) in [6.07, 6.45) is 4.77. The summed E-state index contributed by atoms with van der Waals surface area (Å²) in [5.41, 5.74) is 5.25. The van der Waals surface area contributed by atoms with Crippen molar-refractivity contribution in [2.45, 2.75) is 58.5 Å². The zero-order chi connectivity index (χ0) is 17.6. The van der Waals surface area contributed by atoms with Crippen molar-refractivity contribution in [1.82, 2.24) is 10.2 Å². The summed E-state index contributed by atoms with van der Waals surface area (Å²) in [5.74, 6) is -1.40. The van der Waals surface area contributed by atoms with Gasteiger partial charge in [0.1, 0.15) is 6.04 Å². The van der Waals surface area contributed by atoms with Gasteiger partial charge in [-0.25, -0.2) is 0 Å². The van der Waals surface area contributed by atoms with E-state index in [-0.39, 0.29) is 36.1 Å². The molecule has 0 bridgehead atoms. The Labute approximate surface area is 136 Å².